The number of likely N-dealkylation sites (tertiary alicyclic amines) is 2. The Labute approximate surface area is 155 Å². The van der Waals surface area contributed by atoms with E-state index in [2.05, 4.69) is 0 Å². The maximum absolute atomic E-state index is 13.9. The number of carboxylic acids is 1. The molecule has 0 aliphatic carbocycles. The van der Waals surface area contributed by atoms with E-state index in [1.165, 1.54) is 21.9 Å². The summed E-state index contributed by atoms with van der Waals surface area (Å²) in [6.45, 7) is 0.614. The first-order chi connectivity index (χ1) is 12.3. The van der Waals surface area contributed by atoms with Crippen molar-refractivity contribution in [1.29, 1.82) is 0 Å². The molecular weight excluding hydrogens is 363 g/mol. The Morgan fingerprint density at radius 3 is 2.73 bits per heavy atom. The minimum atomic E-state index is -0.918. The molecule has 0 saturated carbocycles. The number of aliphatic carboxylic acids is 1. The van der Waals surface area contributed by atoms with Crippen molar-refractivity contribution in [2.75, 3.05) is 20.1 Å². The lowest BCUT2D eigenvalue weighted by atomic mass is 9.90. The molecule has 2 aliphatic heterocycles. The van der Waals surface area contributed by atoms with E-state index in [1.807, 2.05) is 0 Å². The van der Waals surface area contributed by atoms with Crippen LogP contribution in [0, 0.1) is 17.7 Å². The normalized spacial score (nSPS) is 26.3. The molecule has 2 aliphatic rings. The smallest absolute Gasteiger partial charge is 0.308 e. The summed E-state index contributed by atoms with van der Waals surface area (Å²) in [7, 11) is 1.59. The number of hydrogen-bond donors (Lipinski definition) is 1. The van der Waals surface area contributed by atoms with E-state index >= 15 is 0 Å². The van der Waals surface area contributed by atoms with Crippen LogP contribution < -0.4 is 0 Å². The summed E-state index contributed by atoms with van der Waals surface area (Å²) >= 11 is 5.73. The predicted octanol–water partition coefficient (Wildman–Crippen LogP) is 2.32. The van der Waals surface area contributed by atoms with Gasteiger partial charge in [0.25, 0.3) is 0 Å². The summed E-state index contributed by atoms with van der Waals surface area (Å²) in [5.74, 6) is -3.23. The highest BCUT2D eigenvalue weighted by molar-refractivity contribution is 6.30. The Hall–Kier alpha value is -2.15. The molecule has 1 aromatic carbocycles. The monoisotopic (exact) mass is 382 g/mol. The van der Waals surface area contributed by atoms with Crippen LogP contribution in [0.15, 0.2) is 18.2 Å². The van der Waals surface area contributed by atoms with Crippen LogP contribution in [-0.4, -0.2) is 52.8 Å². The molecule has 140 valence electrons. The first-order valence-corrected chi connectivity index (χ1v) is 8.89. The van der Waals surface area contributed by atoms with E-state index in [0.29, 0.717) is 24.9 Å². The first kappa shape index (κ1) is 18.6. The van der Waals surface area contributed by atoms with Crippen molar-refractivity contribution in [2.45, 2.75) is 25.3 Å². The van der Waals surface area contributed by atoms with Crippen molar-refractivity contribution in [3.05, 3.63) is 34.6 Å². The number of piperidine rings is 1. The van der Waals surface area contributed by atoms with Crippen molar-refractivity contribution in [3.8, 4) is 0 Å². The van der Waals surface area contributed by atoms with E-state index < -0.39 is 29.7 Å². The highest BCUT2D eigenvalue weighted by atomic mass is 35.5. The van der Waals surface area contributed by atoms with Gasteiger partial charge in [-0.05, 0) is 30.5 Å². The number of carbonyl (C=O) groups excluding carboxylic acids is 2. The van der Waals surface area contributed by atoms with Gasteiger partial charge < -0.3 is 14.9 Å². The number of amides is 2. The fourth-order valence-electron chi connectivity index (χ4n) is 3.86. The molecule has 2 saturated heterocycles. The zero-order valence-corrected chi connectivity index (χ0v) is 15.1. The van der Waals surface area contributed by atoms with Gasteiger partial charge in [-0.25, -0.2) is 4.39 Å². The van der Waals surface area contributed by atoms with Crippen molar-refractivity contribution in [1.82, 2.24) is 9.80 Å². The topological polar surface area (TPSA) is 77.9 Å². The third kappa shape index (κ3) is 3.40. The number of carboxylic acid groups (broad SMARTS) is 1. The van der Waals surface area contributed by atoms with Crippen LogP contribution in [0.25, 0.3) is 0 Å². The minimum Gasteiger partial charge on any atom is -0.481 e. The lowest BCUT2D eigenvalue weighted by Gasteiger charge is -2.34. The van der Waals surface area contributed by atoms with Crippen molar-refractivity contribution < 1.29 is 23.9 Å². The summed E-state index contributed by atoms with van der Waals surface area (Å²) in [5, 5.41) is 9.20. The third-order valence-corrected chi connectivity index (χ3v) is 5.58. The second-order valence-electron chi connectivity index (χ2n) is 6.90. The highest BCUT2D eigenvalue weighted by Gasteiger charge is 2.45. The molecule has 8 heteroatoms. The Morgan fingerprint density at radius 2 is 2.08 bits per heavy atom. The highest BCUT2D eigenvalue weighted by Crippen LogP contribution is 2.39. The Morgan fingerprint density at radius 1 is 1.35 bits per heavy atom. The maximum atomic E-state index is 13.9. The molecule has 2 fully saturated rings. The van der Waals surface area contributed by atoms with Crippen molar-refractivity contribution in [3.63, 3.8) is 0 Å². The van der Waals surface area contributed by atoms with Gasteiger partial charge in [-0.3, -0.25) is 14.4 Å². The number of halogens is 2. The number of nitrogens with zero attached hydrogens (tertiary/aromatic N) is 2. The van der Waals surface area contributed by atoms with E-state index in [9.17, 15) is 23.9 Å². The molecule has 1 aromatic rings. The van der Waals surface area contributed by atoms with Gasteiger partial charge in [0.2, 0.25) is 11.8 Å². The minimum absolute atomic E-state index is 0.0241. The molecular formula is C18H20ClFN2O4. The molecule has 0 aromatic heterocycles. The lowest BCUT2D eigenvalue weighted by molar-refractivity contribution is -0.147. The third-order valence-electron chi connectivity index (χ3n) is 5.27. The van der Waals surface area contributed by atoms with Gasteiger partial charge >= 0.3 is 5.97 Å². The van der Waals surface area contributed by atoms with Crippen molar-refractivity contribution in [2.24, 2.45) is 11.8 Å². The van der Waals surface area contributed by atoms with Crippen LogP contribution in [0.4, 0.5) is 4.39 Å². The maximum Gasteiger partial charge on any atom is 0.308 e. The molecule has 3 rings (SSSR count). The Bertz CT molecular complexity index is 757. The summed E-state index contributed by atoms with van der Waals surface area (Å²) in [5.41, 5.74) is 0.505. The SMILES string of the molecule is CN1C(=O)CC(C(=O)N2CCCC(C(=O)O)C2)C1c1ccc(Cl)c(F)c1. The fourth-order valence-corrected chi connectivity index (χ4v) is 3.97. The van der Waals surface area contributed by atoms with Gasteiger partial charge in [0.1, 0.15) is 5.82 Å². The fraction of sp³-hybridized carbons (Fsp3) is 0.500. The van der Waals surface area contributed by atoms with Crippen LogP contribution in [0.2, 0.25) is 5.02 Å². The van der Waals surface area contributed by atoms with Crippen LogP contribution in [-0.2, 0) is 14.4 Å². The summed E-state index contributed by atoms with van der Waals surface area (Å²) in [6, 6.07) is 3.68. The molecule has 0 bridgehead atoms. The van der Waals surface area contributed by atoms with E-state index in [0.717, 1.165) is 0 Å². The van der Waals surface area contributed by atoms with Gasteiger partial charge in [-0.1, -0.05) is 17.7 Å². The summed E-state index contributed by atoms with van der Waals surface area (Å²) in [6.07, 6.45) is 1.17. The molecule has 2 amide bonds. The standard InChI is InChI=1S/C18H20ClFN2O4/c1-21-15(23)8-12(16(21)10-4-5-13(19)14(20)7-10)17(24)22-6-2-3-11(9-22)18(25)26/h4-5,7,11-12,16H,2-3,6,8-9H2,1H3,(H,25,26). The van der Waals surface area contributed by atoms with Crippen LogP contribution in [0.5, 0.6) is 0 Å². The molecule has 6 nitrogen and oxygen atoms in total. The number of benzene rings is 1. The molecule has 1 N–H and O–H groups in total. The average molecular weight is 383 g/mol. The number of hydrogen-bond acceptors (Lipinski definition) is 3. The zero-order valence-electron chi connectivity index (χ0n) is 14.3. The first-order valence-electron chi connectivity index (χ1n) is 8.51. The van der Waals surface area contributed by atoms with Crippen LogP contribution in [0.3, 0.4) is 0 Å². The number of carbonyl (C=O) groups is 3. The molecule has 0 spiro atoms. The Kier molecular flexibility index (Phi) is 5.18. The van der Waals surface area contributed by atoms with Gasteiger partial charge in [0.15, 0.2) is 0 Å². The second-order valence-corrected chi connectivity index (χ2v) is 7.30. The van der Waals surface area contributed by atoms with Crippen LogP contribution >= 0.6 is 11.6 Å². The van der Waals surface area contributed by atoms with Crippen LogP contribution in [0.1, 0.15) is 30.9 Å². The lowest BCUT2D eigenvalue weighted by Crippen LogP contribution is -2.45. The average Bonchev–Trinajstić information content (AvgIpc) is 2.92. The second kappa shape index (κ2) is 7.23. The largest absolute Gasteiger partial charge is 0.481 e. The predicted molar refractivity (Wildman–Crippen MR) is 92.0 cm³/mol. The molecule has 0 radical (unpaired) electrons. The van der Waals surface area contributed by atoms with Gasteiger partial charge in [-0.15, -0.1) is 0 Å². The Balaban J connectivity index is 1.86. The molecule has 26 heavy (non-hydrogen) atoms. The molecule has 2 heterocycles. The molecule has 3 atom stereocenters. The van der Waals surface area contributed by atoms with Gasteiger partial charge in [0, 0.05) is 26.6 Å². The number of rotatable bonds is 3. The molecule has 3 unspecified atom stereocenters. The van der Waals surface area contributed by atoms with Gasteiger partial charge in [0.05, 0.1) is 22.9 Å². The van der Waals surface area contributed by atoms with Crippen molar-refractivity contribution >= 4 is 29.4 Å². The zero-order chi connectivity index (χ0) is 19.0. The van der Waals surface area contributed by atoms with E-state index in [4.69, 9.17) is 11.6 Å². The summed E-state index contributed by atoms with van der Waals surface area (Å²) < 4.78 is 13.9. The quantitative estimate of drug-likeness (QED) is 0.870. The van der Waals surface area contributed by atoms with E-state index in [1.54, 1.807) is 13.1 Å². The van der Waals surface area contributed by atoms with Gasteiger partial charge in [-0.2, -0.15) is 0 Å². The van der Waals surface area contributed by atoms with E-state index in [-0.39, 0.29) is 29.8 Å². The summed E-state index contributed by atoms with van der Waals surface area (Å²) in [4.78, 5) is 39.5.